The van der Waals surface area contributed by atoms with Crippen LogP contribution in [0.2, 0.25) is 0 Å². The third-order valence-electron chi connectivity index (χ3n) is 5.23. The molecule has 0 aliphatic heterocycles. The molecular weight excluding hydrogens is 574 g/mol. The monoisotopic (exact) mass is 599 g/mol. The Morgan fingerprint density at radius 2 is 1.49 bits per heavy atom. The molecule has 0 spiro atoms. The zero-order valence-electron chi connectivity index (χ0n) is 21.6. The lowest BCUT2D eigenvalue weighted by molar-refractivity contribution is -0.120. The fourth-order valence-electron chi connectivity index (χ4n) is 3.29. The predicted molar refractivity (Wildman–Crippen MR) is 146 cm³/mol. The quantitative estimate of drug-likeness (QED) is 0.148. The molecule has 12 heteroatoms. The second-order valence-corrected chi connectivity index (χ2v) is 8.61. The third-order valence-corrected chi connectivity index (χ3v) is 5.72. The number of nitrogens with one attached hydrogen (secondary N) is 2. The van der Waals surface area contributed by atoms with E-state index in [4.69, 9.17) is 23.7 Å². The van der Waals surface area contributed by atoms with E-state index in [1.807, 2.05) is 0 Å². The normalized spacial score (nSPS) is 10.5. The van der Waals surface area contributed by atoms with Crippen molar-refractivity contribution in [1.82, 2.24) is 10.7 Å². The van der Waals surface area contributed by atoms with Gasteiger partial charge in [-0.15, -0.1) is 0 Å². The summed E-state index contributed by atoms with van der Waals surface area (Å²) in [5.41, 5.74) is 3.28. The Balaban J connectivity index is 1.61. The number of rotatable bonds is 11. The molecule has 39 heavy (non-hydrogen) atoms. The summed E-state index contributed by atoms with van der Waals surface area (Å²) in [6.07, 6.45) is 1.32. The van der Waals surface area contributed by atoms with Crippen molar-refractivity contribution in [3.8, 4) is 28.7 Å². The molecule has 2 amide bonds. The van der Waals surface area contributed by atoms with Crippen molar-refractivity contribution in [3.05, 3.63) is 75.8 Å². The molecule has 0 aliphatic rings. The van der Waals surface area contributed by atoms with Gasteiger partial charge in [0.05, 0.1) is 46.8 Å². The number of carbonyl (C=O) groups is 3. The third kappa shape index (κ3) is 7.71. The maximum absolute atomic E-state index is 12.6. The highest BCUT2D eigenvalue weighted by molar-refractivity contribution is 9.10. The molecule has 0 aromatic heterocycles. The van der Waals surface area contributed by atoms with Crippen molar-refractivity contribution < 1.29 is 38.1 Å². The minimum absolute atomic E-state index is 0.207. The molecule has 3 rings (SSSR count). The summed E-state index contributed by atoms with van der Waals surface area (Å²) < 4.78 is 27.0. The molecule has 0 atom stereocenters. The number of esters is 1. The Morgan fingerprint density at radius 1 is 0.821 bits per heavy atom. The lowest BCUT2D eigenvalue weighted by atomic mass is 10.1. The van der Waals surface area contributed by atoms with Gasteiger partial charge in [0.25, 0.3) is 11.8 Å². The van der Waals surface area contributed by atoms with Crippen molar-refractivity contribution in [3.63, 3.8) is 0 Å². The second-order valence-electron chi connectivity index (χ2n) is 7.69. The van der Waals surface area contributed by atoms with Crippen LogP contribution in [0.3, 0.4) is 0 Å². The average Bonchev–Trinajstić information content (AvgIpc) is 2.96. The van der Waals surface area contributed by atoms with Crippen LogP contribution < -0.4 is 34.4 Å². The number of hydrogen-bond donors (Lipinski definition) is 2. The maximum Gasteiger partial charge on any atom is 0.343 e. The first-order chi connectivity index (χ1) is 18.8. The van der Waals surface area contributed by atoms with E-state index >= 15 is 0 Å². The van der Waals surface area contributed by atoms with Gasteiger partial charge in [0.1, 0.15) is 11.5 Å². The first-order valence-electron chi connectivity index (χ1n) is 11.4. The zero-order chi connectivity index (χ0) is 28.4. The number of carbonyl (C=O) groups excluding carboxylic acids is 3. The van der Waals surface area contributed by atoms with E-state index < -0.39 is 17.8 Å². The number of methoxy groups -OCH3 is 4. The number of nitrogens with zero attached hydrogens (tertiary/aromatic N) is 1. The highest BCUT2D eigenvalue weighted by atomic mass is 79.9. The van der Waals surface area contributed by atoms with Gasteiger partial charge in [-0.3, -0.25) is 9.59 Å². The van der Waals surface area contributed by atoms with Crippen molar-refractivity contribution in [2.45, 2.75) is 0 Å². The first kappa shape index (κ1) is 29.0. The van der Waals surface area contributed by atoms with Gasteiger partial charge in [0.15, 0.2) is 11.5 Å². The summed E-state index contributed by atoms with van der Waals surface area (Å²) in [6, 6.07) is 14.4. The second kappa shape index (κ2) is 13.8. The maximum atomic E-state index is 12.6. The molecule has 0 fully saturated rings. The molecular formula is C27H26BrN3O8. The van der Waals surface area contributed by atoms with E-state index in [0.29, 0.717) is 38.6 Å². The summed E-state index contributed by atoms with van der Waals surface area (Å²) in [5.74, 6) is 0.0820. The van der Waals surface area contributed by atoms with Gasteiger partial charge < -0.3 is 29.0 Å². The van der Waals surface area contributed by atoms with Crippen molar-refractivity contribution in [1.29, 1.82) is 0 Å². The SMILES string of the molecule is COc1ccc(C(=O)Oc2ccc(Br)cc2C=NNC(=O)CNC(=O)c2cc(OC)c(OC)c(OC)c2)cc1. The number of halogens is 1. The molecule has 0 unspecified atom stereocenters. The molecule has 0 saturated heterocycles. The van der Waals surface area contributed by atoms with Gasteiger partial charge in [0.2, 0.25) is 5.75 Å². The fraction of sp³-hybridized carbons (Fsp3) is 0.185. The van der Waals surface area contributed by atoms with Gasteiger partial charge in [-0.2, -0.15) is 5.10 Å². The number of hydrazone groups is 1. The molecule has 11 nitrogen and oxygen atoms in total. The van der Waals surface area contributed by atoms with Crippen molar-refractivity contribution >= 4 is 39.9 Å². The molecule has 204 valence electrons. The molecule has 3 aromatic carbocycles. The van der Waals surface area contributed by atoms with Gasteiger partial charge in [-0.25, -0.2) is 10.2 Å². The summed E-state index contributed by atoms with van der Waals surface area (Å²) >= 11 is 3.36. The van der Waals surface area contributed by atoms with Crippen LogP contribution >= 0.6 is 15.9 Å². The summed E-state index contributed by atoms with van der Waals surface area (Å²) in [6.45, 7) is -0.357. The van der Waals surface area contributed by atoms with Crippen LogP contribution in [-0.4, -0.2) is 59.0 Å². The lowest BCUT2D eigenvalue weighted by Crippen LogP contribution is -2.35. The van der Waals surface area contributed by atoms with Crippen LogP contribution in [0, 0.1) is 0 Å². The number of hydrogen-bond acceptors (Lipinski definition) is 9. The largest absolute Gasteiger partial charge is 0.497 e. The smallest absolute Gasteiger partial charge is 0.343 e. The topological polar surface area (TPSA) is 134 Å². The molecule has 0 saturated carbocycles. The average molecular weight is 600 g/mol. The Morgan fingerprint density at radius 3 is 2.08 bits per heavy atom. The first-order valence-corrected chi connectivity index (χ1v) is 12.1. The lowest BCUT2D eigenvalue weighted by Gasteiger charge is -2.14. The fourth-order valence-corrected chi connectivity index (χ4v) is 3.67. The van der Waals surface area contributed by atoms with Crippen LogP contribution in [-0.2, 0) is 4.79 Å². The molecule has 0 heterocycles. The zero-order valence-corrected chi connectivity index (χ0v) is 23.2. The molecule has 0 aliphatic carbocycles. The Labute approximate surface area is 233 Å². The van der Waals surface area contributed by atoms with Crippen LogP contribution in [0.1, 0.15) is 26.3 Å². The van der Waals surface area contributed by atoms with Gasteiger partial charge in [-0.1, -0.05) is 15.9 Å². The van der Waals surface area contributed by atoms with Crippen molar-refractivity contribution in [2.24, 2.45) is 5.10 Å². The molecule has 0 bridgehead atoms. The Hall–Kier alpha value is -4.58. The minimum atomic E-state index is -0.584. The summed E-state index contributed by atoms with van der Waals surface area (Å²) in [5, 5.41) is 6.41. The number of amides is 2. The van der Waals surface area contributed by atoms with Gasteiger partial charge in [0, 0.05) is 15.6 Å². The summed E-state index contributed by atoms with van der Waals surface area (Å²) in [4.78, 5) is 37.4. The standard InChI is InChI=1S/C27H26BrN3O8/c1-35-20-8-5-16(6-9-20)27(34)39-21-10-7-19(28)11-18(21)14-30-31-24(32)15-29-26(33)17-12-22(36-2)25(38-4)23(13-17)37-3/h5-14H,15H2,1-4H3,(H,29,33)(H,31,32). The van der Waals surface area contributed by atoms with Gasteiger partial charge >= 0.3 is 5.97 Å². The van der Waals surface area contributed by atoms with E-state index in [1.165, 1.54) is 46.8 Å². The van der Waals surface area contributed by atoms with Crippen LogP contribution in [0.15, 0.2) is 64.2 Å². The highest BCUT2D eigenvalue weighted by Gasteiger charge is 2.17. The number of ether oxygens (including phenoxy) is 5. The predicted octanol–water partition coefficient (Wildman–Crippen LogP) is 3.58. The van der Waals surface area contributed by atoms with E-state index in [-0.39, 0.29) is 17.9 Å². The Bertz CT molecular complexity index is 1350. The molecule has 0 radical (unpaired) electrons. The van der Waals surface area contributed by atoms with E-state index in [9.17, 15) is 14.4 Å². The molecule has 3 aromatic rings. The van der Waals surface area contributed by atoms with E-state index in [1.54, 1.807) is 42.5 Å². The van der Waals surface area contributed by atoms with Gasteiger partial charge in [-0.05, 0) is 54.6 Å². The van der Waals surface area contributed by atoms with Crippen LogP contribution in [0.25, 0.3) is 0 Å². The van der Waals surface area contributed by atoms with E-state index in [0.717, 1.165) is 0 Å². The summed E-state index contributed by atoms with van der Waals surface area (Å²) in [7, 11) is 5.85. The Kier molecular flexibility index (Phi) is 10.3. The van der Waals surface area contributed by atoms with Crippen molar-refractivity contribution in [2.75, 3.05) is 35.0 Å². The van der Waals surface area contributed by atoms with E-state index in [2.05, 4.69) is 31.8 Å². The van der Waals surface area contributed by atoms with Crippen LogP contribution in [0.5, 0.6) is 28.7 Å². The minimum Gasteiger partial charge on any atom is -0.497 e. The molecule has 2 N–H and O–H groups in total. The number of benzene rings is 3. The highest BCUT2D eigenvalue weighted by Crippen LogP contribution is 2.38. The van der Waals surface area contributed by atoms with Crippen LogP contribution in [0.4, 0.5) is 0 Å².